The van der Waals surface area contributed by atoms with Crippen LogP contribution in [0.5, 0.6) is 0 Å². The molecule has 0 spiro atoms. The van der Waals surface area contributed by atoms with Crippen molar-refractivity contribution in [3.05, 3.63) is 37.0 Å². The Morgan fingerprint density at radius 1 is 1.11 bits per heavy atom. The van der Waals surface area contributed by atoms with Crippen molar-refractivity contribution in [2.24, 2.45) is 10.8 Å². The molecular weight excluding hydrogens is 242 g/mol. The van der Waals surface area contributed by atoms with Crippen LogP contribution in [0.25, 0.3) is 0 Å². The lowest BCUT2D eigenvalue weighted by atomic mass is 9.52. The first-order chi connectivity index (χ1) is 9.04. The van der Waals surface area contributed by atoms with Gasteiger partial charge >= 0.3 is 0 Å². The molecule has 106 valence electrons. The summed E-state index contributed by atoms with van der Waals surface area (Å²) in [4.78, 5) is 0. The average Bonchev–Trinajstić information content (AvgIpc) is 2.40. The van der Waals surface area contributed by atoms with Crippen LogP contribution < -0.4 is 0 Å². The van der Waals surface area contributed by atoms with Crippen LogP contribution in [-0.2, 0) is 0 Å². The summed E-state index contributed by atoms with van der Waals surface area (Å²) < 4.78 is 29.3. The van der Waals surface area contributed by atoms with E-state index in [1.165, 1.54) is 18.6 Å². The van der Waals surface area contributed by atoms with Crippen LogP contribution in [0.2, 0.25) is 0 Å². The zero-order valence-electron chi connectivity index (χ0n) is 11.8. The molecule has 0 N–H and O–H groups in total. The van der Waals surface area contributed by atoms with Gasteiger partial charge in [0.05, 0.1) is 5.41 Å². The van der Waals surface area contributed by atoms with Gasteiger partial charge in [-0.2, -0.15) is 0 Å². The molecule has 1 atom stereocenters. The van der Waals surface area contributed by atoms with Gasteiger partial charge in [-0.15, -0.1) is 6.58 Å². The highest BCUT2D eigenvalue weighted by atomic mass is 19.3. The first-order valence-corrected chi connectivity index (χ1v) is 7.42. The first kappa shape index (κ1) is 14.5. The summed E-state index contributed by atoms with van der Waals surface area (Å²) in [6.45, 7) is 5.88. The van der Waals surface area contributed by atoms with Crippen molar-refractivity contribution in [1.82, 2.24) is 0 Å². The summed E-state index contributed by atoms with van der Waals surface area (Å²) in [7, 11) is 0. The molecular formula is C17H24F2. The molecule has 0 radical (unpaired) electrons. The van der Waals surface area contributed by atoms with Gasteiger partial charge in [0.25, 0.3) is 5.92 Å². The maximum absolute atomic E-state index is 14.7. The van der Waals surface area contributed by atoms with Crippen LogP contribution in [0.3, 0.4) is 0 Å². The molecule has 19 heavy (non-hydrogen) atoms. The van der Waals surface area contributed by atoms with Gasteiger partial charge in [0, 0.05) is 0 Å². The second kappa shape index (κ2) is 5.22. The number of alkyl halides is 2. The normalized spacial score (nSPS) is 32.2. The Morgan fingerprint density at radius 3 is 2.26 bits per heavy atom. The Balaban J connectivity index is 2.50. The molecule has 0 bridgehead atoms. The quantitative estimate of drug-likeness (QED) is 0.575. The van der Waals surface area contributed by atoms with Gasteiger partial charge in [0.15, 0.2) is 0 Å². The maximum Gasteiger partial charge on any atom is 0.279 e. The smallest absolute Gasteiger partial charge is 0.201 e. The second-order valence-electron chi connectivity index (χ2n) is 6.01. The topological polar surface area (TPSA) is 0 Å². The molecule has 2 heteroatoms. The van der Waals surface area contributed by atoms with Crippen molar-refractivity contribution in [3.63, 3.8) is 0 Å². The molecule has 1 unspecified atom stereocenters. The summed E-state index contributed by atoms with van der Waals surface area (Å²) in [5.41, 5.74) is -1.53. The van der Waals surface area contributed by atoms with Crippen LogP contribution in [0.1, 0.15) is 51.9 Å². The Bertz CT molecular complexity index is 381. The van der Waals surface area contributed by atoms with Crippen molar-refractivity contribution in [2.75, 3.05) is 0 Å². The predicted octanol–water partition coefficient (Wildman–Crippen LogP) is 5.67. The number of hydrogen-bond donors (Lipinski definition) is 0. The van der Waals surface area contributed by atoms with Gasteiger partial charge < -0.3 is 0 Å². The molecule has 0 saturated heterocycles. The Labute approximate surface area is 115 Å². The SMILES string of the molecule is C=CC1(C2(CCC)CCCCC2)C=CC=CC1(F)F. The van der Waals surface area contributed by atoms with Crippen LogP contribution in [-0.4, -0.2) is 5.92 Å². The van der Waals surface area contributed by atoms with Crippen molar-refractivity contribution >= 4 is 0 Å². The van der Waals surface area contributed by atoms with Gasteiger partial charge in [-0.1, -0.05) is 56.9 Å². The van der Waals surface area contributed by atoms with Gasteiger partial charge in [-0.3, -0.25) is 0 Å². The molecule has 0 aliphatic heterocycles. The summed E-state index contributed by atoms with van der Waals surface area (Å²) in [6, 6.07) is 0. The van der Waals surface area contributed by atoms with E-state index in [9.17, 15) is 8.78 Å². The summed E-state index contributed by atoms with van der Waals surface area (Å²) in [5, 5.41) is 0. The molecule has 0 heterocycles. The van der Waals surface area contributed by atoms with E-state index in [1.54, 1.807) is 12.2 Å². The third-order valence-electron chi connectivity index (χ3n) is 5.07. The largest absolute Gasteiger partial charge is 0.279 e. The minimum Gasteiger partial charge on any atom is -0.201 e. The predicted molar refractivity (Wildman–Crippen MR) is 76.3 cm³/mol. The highest BCUT2D eigenvalue weighted by molar-refractivity contribution is 5.33. The van der Waals surface area contributed by atoms with Crippen LogP contribution >= 0.6 is 0 Å². The highest BCUT2D eigenvalue weighted by Crippen LogP contribution is 2.62. The van der Waals surface area contributed by atoms with Crippen molar-refractivity contribution in [3.8, 4) is 0 Å². The third kappa shape index (κ3) is 2.09. The number of allylic oxidation sites excluding steroid dienone is 5. The van der Waals surface area contributed by atoms with Gasteiger partial charge in [-0.05, 0) is 30.8 Å². The van der Waals surface area contributed by atoms with E-state index in [-0.39, 0.29) is 5.41 Å². The van der Waals surface area contributed by atoms with Gasteiger partial charge in [0.2, 0.25) is 0 Å². The lowest BCUT2D eigenvalue weighted by Gasteiger charge is -2.53. The van der Waals surface area contributed by atoms with E-state index in [0.29, 0.717) is 0 Å². The summed E-state index contributed by atoms with van der Waals surface area (Å²) in [6.07, 6.45) is 14.4. The van der Waals surface area contributed by atoms with Gasteiger partial charge in [-0.25, -0.2) is 8.78 Å². The molecule has 0 nitrogen and oxygen atoms in total. The Kier molecular flexibility index (Phi) is 3.98. The molecule has 0 amide bonds. The molecule has 2 aliphatic carbocycles. The minimum absolute atomic E-state index is 0.327. The minimum atomic E-state index is -2.82. The van der Waals surface area contributed by atoms with E-state index in [4.69, 9.17) is 0 Å². The fraction of sp³-hybridized carbons (Fsp3) is 0.647. The zero-order chi connectivity index (χ0) is 14.0. The Morgan fingerprint density at radius 2 is 1.74 bits per heavy atom. The molecule has 0 aromatic carbocycles. The Hall–Kier alpha value is -0.920. The van der Waals surface area contributed by atoms with Crippen LogP contribution in [0.4, 0.5) is 8.78 Å². The summed E-state index contributed by atoms with van der Waals surface area (Å²) in [5.74, 6) is -2.82. The van der Waals surface area contributed by atoms with E-state index in [2.05, 4.69) is 13.5 Å². The fourth-order valence-corrected chi connectivity index (χ4v) is 4.16. The van der Waals surface area contributed by atoms with E-state index < -0.39 is 11.3 Å². The van der Waals surface area contributed by atoms with Crippen molar-refractivity contribution in [2.45, 2.75) is 57.8 Å². The lowest BCUT2D eigenvalue weighted by Crippen LogP contribution is -2.52. The first-order valence-electron chi connectivity index (χ1n) is 7.42. The van der Waals surface area contributed by atoms with E-state index in [0.717, 1.165) is 44.6 Å². The molecule has 1 fully saturated rings. The third-order valence-corrected chi connectivity index (χ3v) is 5.07. The van der Waals surface area contributed by atoms with Crippen molar-refractivity contribution in [1.29, 1.82) is 0 Å². The molecule has 2 aliphatic rings. The standard InChI is InChI=1S/C17H24F2/c1-3-10-15(11-6-5-7-12-15)16(4-2)13-8-9-14-17(16,18)19/h4,8-9,13-14H,2-3,5-7,10-12H2,1H3. The van der Waals surface area contributed by atoms with Crippen LogP contribution in [0, 0.1) is 10.8 Å². The molecule has 1 saturated carbocycles. The second-order valence-corrected chi connectivity index (χ2v) is 6.01. The number of halogens is 2. The fourth-order valence-electron chi connectivity index (χ4n) is 4.16. The van der Waals surface area contributed by atoms with Crippen LogP contribution in [0.15, 0.2) is 37.0 Å². The monoisotopic (exact) mass is 266 g/mol. The number of hydrogen-bond acceptors (Lipinski definition) is 0. The zero-order valence-corrected chi connectivity index (χ0v) is 11.8. The average molecular weight is 266 g/mol. The molecule has 2 rings (SSSR count). The number of rotatable bonds is 4. The van der Waals surface area contributed by atoms with Gasteiger partial charge in [0.1, 0.15) is 0 Å². The van der Waals surface area contributed by atoms with E-state index in [1.807, 2.05) is 0 Å². The maximum atomic E-state index is 14.7. The van der Waals surface area contributed by atoms with Crippen molar-refractivity contribution < 1.29 is 8.78 Å². The molecule has 0 aromatic rings. The molecule has 0 aromatic heterocycles. The van der Waals surface area contributed by atoms with E-state index >= 15 is 0 Å². The summed E-state index contributed by atoms with van der Waals surface area (Å²) >= 11 is 0. The highest BCUT2D eigenvalue weighted by Gasteiger charge is 2.60. The lowest BCUT2D eigenvalue weighted by molar-refractivity contribution is -0.114.